The van der Waals surface area contributed by atoms with E-state index in [4.69, 9.17) is 23.8 Å². The summed E-state index contributed by atoms with van der Waals surface area (Å²) in [6, 6.07) is 8.51. The maximum Gasteiger partial charge on any atom is 0.194 e. The zero-order valence-corrected chi connectivity index (χ0v) is 13.0. The molecular formula is C15H18ClN3S. The predicted octanol–water partition coefficient (Wildman–Crippen LogP) is 3.88. The lowest BCUT2D eigenvalue weighted by Crippen LogP contribution is -2.25. The van der Waals surface area contributed by atoms with E-state index in [0.717, 1.165) is 25.8 Å². The molecule has 5 heteroatoms. The number of nitrogens with zero attached hydrogens (tertiary/aromatic N) is 2. The van der Waals surface area contributed by atoms with Gasteiger partial charge in [0.1, 0.15) is 6.33 Å². The number of aryl methyl sites for hydroxylation is 1. The fraction of sp³-hybridized carbons (Fsp3) is 0.467. The van der Waals surface area contributed by atoms with Gasteiger partial charge >= 0.3 is 0 Å². The van der Waals surface area contributed by atoms with Gasteiger partial charge in [-0.05, 0) is 49.5 Å². The number of H-pyrrole nitrogens is 1. The molecule has 3 rings (SSSR count). The standard InChI is InChI=1S/C15H18ClN3S/c1-11-4-2-3-5-12(11)8-13(15(16)6-7-15)9-19-14(20)17-10-18-19/h2-5,10,13H,6-9H2,1H3,(H,17,18,20). The number of alkyl halides is 1. The Hall–Kier alpha value is -1.13. The smallest absolute Gasteiger partial charge is 0.194 e. The van der Waals surface area contributed by atoms with Crippen LogP contribution in [-0.4, -0.2) is 19.6 Å². The minimum absolute atomic E-state index is 0.0734. The fourth-order valence-electron chi connectivity index (χ4n) is 2.66. The van der Waals surface area contributed by atoms with Crippen LogP contribution in [0, 0.1) is 17.6 Å². The van der Waals surface area contributed by atoms with Crippen LogP contribution in [0.3, 0.4) is 0 Å². The number of rotatable bonds is 5. The number of hydrogen-bond donors (Lipinski definition) is 1. The summed E-state index contributed by atoms with van der Waals surface area (Å²) < 4.78 is 2.52. The number of aromatic nitrogens is 3. The van der Waals surface area contributed by atoms with E-state index in [-0.39, 0.29) is 4.87 Å². The van der Waals surface area contributed by atoms with E-state index in [2.05, 4.69) is 41.3 Å². The van der Waals surface area contributed by atoms with Crippen LogP contribution in [0.1, 0.15) is 24.0 Å². The molecule has 0 spiro atoms. The second-order valence-corrected chi connectivity index (χ2v) is 6.78. The molecule has 0 amide bonds. The lowest BCUT2D eigenvalue weighted by molar-refractivity contribution is 0.385. The molecular weight excluding hydrogens is 290 g/mol. The van der Waals surface area contributed by atoms with Crippen LogP contribution >= 0.6 is 23.8 Å². The summed E-state index contributed by atoms with van der Waals surface area (Å²) >= 11 is 11.9. The van der Waals surface area contributed by atoms with Gasteiger partial charge < -0.3 is 4.98 Å². The maximum absolute atomic E-state index is 6.70. The topological polar surface area (TPSA) is 33.6 Å². The van der Waals surface area contributed by atoms with Crippen molar-refractivity contribution >= 4 is 23.8 Å². The van der Waals surface area contributed by atoms with E-state index in [1.54, 1.807) is 6.33 Å². The van der Waals surface area contributed by atoms with Crippen molar-refractivity contribution in [3.8, 4) is 0 Å². The molecule has 1 heterocycles. The van der Waals surface area contributed by atoms with Gasteiger partial charge in [0.15, 0.2) is 4.77 Å². The second kappa shape index (κ2) is 5.34. The Kier molecular flexibility index (Phi) is 3.69. The number of nitrogens with one attached hydrogen (secondary N) is 1. The summed E-state index contributed by atoms with van der Waals surface area (Å²) in [7, 11) is 0. The highest BCUT2D eigenvalue weighted by Gasteiger charge is 2.47. The first kappa shape index (κ1) is 13.8. The number of halogens is 1. The van der Waals surface area contributed by atoms with Crippen LogP contribution in [-0.2, 0) is 13.0 Å². The Morgan fingerprint density at radius 2 is 2.20 bits per heavy atom. The summed E-state index contributed by atoms with van der Waals surface area (Å²) in [6.07, 6.45) is 4.79. The van der Waals surface area contributed by atoms with E-state index < -0.39 is 0 Å². The molecule has 1 N–H and O–H groups in total. The van der Waals surface area contributed by atoms with Gasteiger partial charge in [0.2, 0.25) is 0 Å². The highest BCUT2D eigenvalue weighted by atomic mass is 35.5. The van der Waals surface area contributed by atoms with Crippen LogP contribution in [0.25, 0.3) is 0 Å². The fourth-order valence-corrected chi connectivity index (χ4v) is 3.08. The second-order valence-electron chi connectivity index (χ2n) is 5.64. The quantitative estimate of drug-likeness (QED) is 0.672. The van der Waals surface area contributed by atoms with E-state index in [1.165, 1.54) is 11.1 Å². The Morgan fingerprint density at radius 1 is 1.45 bits per heavy atom. The average molecular weight is 308 g/mol. The van der Waals surface area contributed by atoms with Gasteiger partial charge in [-0.15, -0.1) is 11.6 Å². The number of aromatic amines is 1. The summed E-state index contributed by atoms with van der Waals surface area (Å²) in [5, 5.41) is 4.26. The van der Waals surface area contributed by atoms with E-state index in [1.807, 2.05) is 4.68 Å². The molecule has 1 fully saturated rings. The molecule has 0 saturated heterocycles. The molecule has 2 aromatic rings. The number of benzene rings is 1. The van der Waals surface area contributed by atoms with E-state index in [9.17, 15) is 0 Å². The summed E-state index contributed by atoms with van der Waals surface area (Å²) in [5.74, 6) is 0.361. The van der Waals surface area contributed by atoms with Crippen molar-refractivity contribution in [2.45, 2.75) is 37.6 Å². The molecule has 1 aliphatic rings. The van der Waals surface area contributed by atoms with Gasteiger partial charge in [-0.1, -0.05) is 24.3 Å². The Labute approximate surface area is 129 Å². The Morgan fingerprint density at radius 3 is 2.80 bits per heavy atom. The van der Waals surface area contributed by atoms with Crippen molar-refractivity contribution in [3.05, 3.63) is 46.5 Å². The normalized spacial score (nSPS) is 17.9. The largest absolute Gasteiger partial charge is 0.320 e. The van der Waals surface area contributed by atoms with Crippen LogP contribution < -0.4 is 0 Å². The molecule has 1 aliphatic carbocycles. The van der Waals surface area contributed by atoms with Crippen LogP contribution in [0.2, 0.25) is 0 Å². The first-order valence-corrected chi connectivity index (χ1v) is 7.71. The van der Waals surface area contributed by atoms with E-state index in [0.29, 0.717) is 10.7 Å². The van der Waals surface area contributed by atoms with Crippen molar-refractivity contribution in [1.82, 2.24) is 14.8 Å². The molecule has 1 aromatic carbocycles. The zero-order valence-electron chi connectivity index (χ0n) is 11.5. The average Bonchev–Trinajstić information content (AvgIpc) is 3.05. The molecule has 1 unspecified atom stereocenters. The highest BCUT2D eigenvalue weighted by molar-refractivity contribution is 7.71. The summed E-state index contributed by atoms with van der Waals surface area (Å²) in [4.78, 5) is 2.87. The van der Waals surface area contributed by atoms with Crippen molar-refractivity contribution < 1.29 is 0 Å². The van der Waals surface area contributed by atoms with Gasteiger partial charge in [-0.25, -0.2) is 4.68 Å². The predicted molar refractivity (Wildman–Crippen MR) is 83.6 cm³/mol. The van der Waals surface area contributed by atoms with E-state index >= 15 is 0 Å². The Bertz CT molecular complexity index is 657. The molecule has 0 radical (unpaired) electrons. The van der Waals surface area contributed by atoms with Gasteiger partial charge in [0.25, 0.3) is 0 Å². The van der Waals surface area contributed by atoms with Gasteiger partial charge in [-0.3, -0.25) is 0 Å². The molecule has 106 valence electrons. The molecule has 0 bridgehead atoms. The maximum atomic E-state index is 6.70. The lowest BCUT2D eigenvalue weighted by atomic mass is 9.92. The van der Waals surface area contributed by atoms with Gasteiger partial charge in [0, 0.05) is 17.3 Å². The third kappa shape index (κ3) is 2.81. The minimum Gasteiger partial charge on any atom is -0.320 e. The summed E-state index contributed by atoms with van der Waals surface area (Å²) in [6.45, 7) is 2.93. The van der Waals surface area contributed by atoms with Gasteiger partial charge in [-0.2, -0.15) is 5.10 Å². The van der Waals surface area contributed by atoms with Crippen molar-refractivity contribution in [3.63, 3.8) is 0 Å². The monoisotopic (exact) mass is 307 g/mol. The molecule has 1 atom stereocenters. The highest BCUT2D eigenvalue weighted by Crippen LogP contribution is 2.50. The molecule has 1 saturated carbocycles. The minimum atomic E-state index is -0.0734. The summed E-state index contributed by atoms with van der Waals surface area (Å²) in [5.41, 5.74) is 2.69. The molecule has 1 aromatic heterocycles. The van der Waals surface area contributed by atoms with Crippen molar-refractivity contribution in [1.29, 1.82) is 0 Å². The first-order chi connectivity index (χ1) is 9.58. The molecule has 20 heavy (non-hydrogen) atoms. The van der Waals surface area contributed by atoms with Crippen LogP contribution in [0.5, 0.6) is 0 Å². The zero-order chi connectivity index (χ0) is 14.2. The van der Waals surface area contributed by atoms with Crippen LogP contribution in [0.4, 0.5) is 0 Å². The van der Waals surface area contributed by atoms with Gasteiger partial charge in [0.05, 0.1) is 0 Å². The number of hydrogen-bond acceptors (Lipinski definition) is 2. The van der Waals surface area contributed by atoms with Crippen molar-refractivity contribution in [2.24, 2.45) is 5.92 Å². The SMILES string of the molecule is Cc1ccccc1CC(Cn1nc[nH]c1=S)C1(Cl)CC1. The Balaban J connectivity index is 1.83. The first-order valence-electron chi connectivity index (χ1n) is 6.92. The molecule has 3 nitrogen and oxygen atoms in total. The van der Waals surface area contributed by atoms with Crippen molar-refractivity contribution in [2.75, 3.05) is 0 Å². The molecule has 0 aliphatic heterocycles. The third-order valence-electron chi connectivity index (χ3n) is 4.20. The lowest BCUT2D eigenvalue weighted by Gasteiger charge is -2.22. The van der Waals surface area contributed by atoms with Crippen LogP contribution in [0.15, 0.2) is 30.6 Å². The third-order valence-corrected chi connectivity index (χ3v) is 5.21.